The zero-order valence-corrected chi connectivity index (χ0v) is 25.4. The van der Waals surface area contributed by atoms with Crippen LogP contribution in [0.4, 0.5) is 4.79 Å². The number of cyclic esters (lactones) is 1. The number of amides is 2. The first-order valence-electron chi connectivity index (χ1n) is 14.8. The first kappa shape index (κ1) is 28.7. The summed E-state index contributed by atoms with van der Waals surface area (Å²) in [6, 6.07) is 10.8. The summed E-state index contributed by atoms with van der Waals surface area (Å²) in [4.78, 5) is 34.3. The molecule has 3 heterocycles. The van der Waals surface area contributed by atoms with Crippen LogP contribution in [-0.4, -0.2) is 112 Å². The van der Waals surface area contributed by atoms with Crippen molar-refractivity contribution >= 4 is 25.3 Å². The predicted molar refractivity (Wildman–Crippen MR) is 154 cm³/mol. The van der Waals surface area contributed by atoms with Gasteiger partial charge in [0.15, 0.2) is 0 Å². The Morgan fingerprint density at radius 3 is 1.87 bits per heavy atom. The molecule has 0 spiro atoms. The first-order chi connectivity index (χ1) is 18.6. The van der Waals surface area contributed by atoms with E-state index in [9.17, 15) is 9.59 Å². The van der Waals surface area contributed by atoms with Crippen LogP contribution in [0.3, 0.4) is 0 Å². The molecule has 2 unspecified atom stereocenters. The van der Waals surface area contributed by atoms with Crippen molar-refractivity contribution in [2.24, 2.45) is 11.3 Å². The monoisotopic (exact) mass is 557 g/mol. The van der Waals surface area contributed by atoms with E-state index in [1.54, 1.807) is 0 Å². The molecule has 8 nitrogen and oxygen atoms in total. The number of ether oxygens (including phenoxy) is 3. The first-order valence-corrected chi connectivity index (χ1v) is 17.9. The third-order valence-electron chi connectivity index (χ3n) is 9.84. The third-order valence-corrected chi connectivity index (χ3v) is 14.2. The van der Waals surface area contributed by atoms with E-state index in [4.69, 9.17) is 14.2 Å². The van der Waals surface area contributed by atoms with E-state index < -0.39 is 14.2 Å². The van der Waals surface area contributed by atoms with Gasteiger partial charge >= 0.3 is 6.09 Å². The Bertz CT molecular complexity index is 976. The maximum Gasteiger partial charge on any atom is 0.417 e. The Kier molecular flexibility index (Phi) is 8.55. The lowest BCUT2D eigenvalue weighted by Crippen LogP contribution is -2.65. The third kappa shape index (κ3) is 5.84. The Morgan fingerprint density at radius 1 is 0.872 bits per heavy atom. The molecule has 216 valence electrons. The number of rotatable bonds is 5. The van der Waals surface area contributed by atoms with Crippen LogP contribution in [-0.2, 0) is 19.0 Å². The molecule has 3 aliphatic heterocycles. The normalized spacial score (nSPS) is 31.8. The van der Waals surface area contributed by atoms with E-state index in [2.05, 4.69) is 74.0 Å². The van der Waals surface area contributed by atoms with Crippen LogP contribution in [0.1, 0.15) is 33.6 Å². The van der Waals surface area contributed by atoms with Crippen LogP contribution in [0.2, 0.25) is 18.6 Å². The number of benzene rings is 1. The van der Waals surface area contributed by atoms with Crippen LogP contribution in [0.15, 0.2) is 30.3 Å². The molecule has 1 aliphatic carbocycles. The highest BCUT2D eigenvalue weighted by molar-refractivity contribution is 6.91. The smallest absolute Gasteiger partial charge is 0.417 e. The number of imide groups is 1. The topological polar surface area (TPSA) is 71.5 Å². The van der Waals surface area contributed by atoms with E-state index in [0.717, 1.165) is 39.0 Å². The molecule has 0 bridgehead atoms. The molecular weight excluding hydrogens is 510 g/mol. The minimum Gasteiger partial charge on any atom is -0.447 e. The summed E-state index contributed by atoms with van der Waals surface area (Å²) in [5, 5.41) is 1.47. The maximum atomic E-state index is 14.7. The minimum absolute atomic E-state index is 0.0527. The van der Waals surface area contributed by atoms with E-state index in [0.29, 0.717) is 32.0 Å². The van der Waals surface area contributed by atoms with Gasteiger partial charge in [0.2, 0.25) is 5.91 Å². The molecular formula is C30H47N3O5Si. The van der Waals surface area contributed by atoms with Crippen molar-refractivity contribution < 1.29 is 23.8 Å². The number of carbonyl (C=O) groups is 2. The van der Waals surface area contributed by atoms with Gasteiger partial charge in [-0.1, -0.05) is 69.4 Å². The number of carbonyl (C=O) groups excluding carboxylic acids is 2. The Labute approximate surface area is 234 Å². The average molecular weight is 558 g/mol. The Morgan fingerprint density at radius 2 is 1.38 bits per heavy atom. The van der Waals surface area contributed by atoms with Gasteiger partial charge in [0.1, 0.15) is 6.61 Å². The molecule has 9 heteroatoms. The second-order valence-corrected chi connectivity index (χ2v) is 18.2. The standard InChI is InChI=1S/C30H47N3O5Si/c1-30(2,3)26-21-38-29(35)33(26)28(34)27-24(31-11-15-36-16-12-31)19-23(20-25(27)32-13-17-37-18-14-32)39(4,5)22-9-7-6-8-10-22/h6-10,23-27H,11-21H2,1-5H3/t23?,24-,25+,26-,27?/m1/s1. The second-order valence-electron chi connectivity index (χ2n) is 13.4. The van der Waals surface area contributed by atoms with Crippen LogP contribution < -0.4 is 5.19 Å². The van der Waals surface area contributed by atoms with Crippen molar-refractivity contribution in [2.45, 2.75) is 70.4 Å². The molecule has 4 fully saturated rings. The summed E-state index contributed by atoms with van der Waals surface area (Å²) in [5.41, 5.74) is 0.248. The van der Waals surface area contributed by atoms with Gasteiger partial charge in [-0.2, -0.15) is 0 Å². The zero-order valence-electron chi connectivity index (χ0n) is 24.4. The van der Waals surface area contributed by atoms with Gasteiger partial charge in [0, 0.05) is 38.3 Å². The maximum absolute atomic E-state index is 14.7. The van der Waals surface area contributed by atoms with Crippen molar-refractivity contribution in [3.63, 3.8) is 0 Å². The zero-order chi connectivity index (χ0) is 27.8. The molecule has 2 amide bonds. The number of hydrogen-bond donors (Lipinski definition) is 0. The summed E-state index contributed by atoms with van der Waals surface area (Å²) in [6.45, 7) is 17.5. The fourth-order valence-corrected chi connectivity index (χ4v) is 10.5. The minimum atomic E-state index is -1.87. The summed E-state index contributed by atoms with van der Waals surface area (Å²) in [7, 11) is -1.87. The van der Waals surface area contributed by atoms with Crippen molar-refractivity contribution in [3.8, 4) is 0 Å². The van der Waals surface area contributed by atoms with E-state index >= 15 is 0 Å². The fourth-order valence-electron chi connectivity index (χ4n) is 7.28. The Balaban J connectivity index is 1.55. The average Bonchev–Trinajstić information content (AvgIpc) is 3.35. The highest BCUT2D eigenvalue weighted by Gasteiger charge is 2.55. The predicted octanol–water partition coefficient (Wildman–Crippen LogP) is 3.18. The molecule has 0 aromatic heterocycles. The number of hydrogen-bond acceptors (Lipinski definition) is 7. The molecule has 5 rings (SSSR count). The van der Waals surface area contributed by atoms with Gasteiger partial charge in [-0.05, 0) is 23.8 Å². The van der Waals surface area contributed by atoms with Crippen molar-refractivity contribution in [3.05, 3.63) is 30.3 Å². The van der Waals surface area contributed by atoms with Gasteiger partial charge in [-0.3, -0.25) is 14.6 Å². The molecule has 3 saturated heterocycles. The van der Waals surface area contributed by atoms with Gasteiger partial charge < -0.3 is 14.2 Å². The molecule has 0 N–H and O–H groups in total. The van der Waals surface area contributed by atoms with Crippen molar-refractivity contribution in [1.82, 2.24) is 14.7 Å². The number of nitrogens with zero attached hydrogens (tertiary/aromatic N) is 3. The SMILES string of the molecule is CC(C)(C)[C@H]1COC(=O)N1C(=O)C1[C@H](N2CCOCC2)CC([Si](C)(C)c2ccccc2)C[C@@H]1N1CCOCC1. The highest BCUT2D eigenvalue weighted by Crippen LogP contribution is 2.45. The molecule has 5 atom stereocenters. The van der Waals surface area contributed by atoms with E-state index in [-0.39, 0.29) is 42.0 Å². The Hall–Kier alpha value is -1.78. The summed E-state index contributed by atoms with van der Waals surface area (Å²) >= 11 is 0. The van der Waals surface area contributed by atoms with E-state index in [1.165, 1.54) is 10.1 Å². The summed E-state index contributed by atoms with van der Waals surface area (Å²) in [6.07, 6.45) is 1.45. The quantitative estimate of drug-likeness (QED) is 0.515. The summed E-state index contributed by atoms with van der Waals surface area (Å²) < 4.78 is 17.0. The molecule has 0 radical (unpaired) electrons. The van der Waals surface area contributed by atoms with Crippen LogP contribution in [0.5, 0.6) is 0 Å². The molecule has 39 heavy (non-hydrogen) atoms. The summed E-state index contributed by atoms with van der Waals surface area (Å²) in [5.74, 6) is -0.350. The molecule has 4 aliphatic rings. The van der Waals surface area contributed by atoms with Crippen molar-refractivity contribution in [1.29, 1.82) is 0 Å². The lowest BCUT2D eigenvalue weighted by molar-refractivity contribution is -0.145. The van der Waals surface area contributed by atoms with Crippen LogP contribution in [0, 0.1) is 11.3 Å². The van der Waals surface area contributed by atoms with Crippen LogP contribution in [0.25, 0.3) is 0 Å². The lowest BCUT2D eigenvalue weighted by atomic mass is 9.76. The lowest BCUT2D eigenvalue weighted by Gasteiger charge is -2.53. The van der Waals surface area contributed by atoms with Gasteiger partial charge in [0.05, 0.1) is 46.5 Å². The molecule has 1 aromatic rings. The van der Waals surface area contributed by atoms with Crippen molar-refractivity contribution in [2.75, 3.05) is 59.2 Å². The van der Waals surface area contributed by atoms with Crippen LogP contribution >= 0.6 is 0 Å². The van der Waals surface area contributed by atoms with E-state index in [1.807, 2.05) is 0 Å². The van der Waals surface area contributed by atoms with Gasteiger partial charge in [-0.15, -0.1) is 0 Å². The fraction of sp³-hybridized carbons (Fsp3) is 0.733. The second kappa shape index (κ2) is 11.6. The largest absolute Gasteiger partial charge is 0.447 e. The molecule has 1 saturated carbocycles. The molecule has 1 aromatic carbocycles. The van der Waals surface area contributed by atoms with Gasteiger partial charge in [-0.25, -0.2) is 9.69 Å². The highest BCUT2D eigenvalue weighted by atomic mass is 28.3. The number of morpholine rings is 2. The van der Waals surface area contributed by atoms with Gasteiger partial charge in [0.25, 0.3) is 0 Å².